The van der Waals surface area contributed by atoms with E-state index in [1.54, 1.807) is 0 Å². The highest BCUT2D eigenvalue weighted by molar-refractivity contribution is 7.94. The molecule has 2 aliphatic heterocycles. The Balaban J connectivity index is 2.00. The average molecular weight is 272 g/mol. The van der Waals surface area contributed by atoms with Crippen molar-refractivity contribution >= 4 is 9.84 Å². The van der Waals surface area contributed by atoms with Crippen LogP contribution in [0.15, 0.2) is 11.5 Å². The van der Waals surface area contributed by atoms with Crippen LogP contribution in [0, 0.1) is 5.92 Å². The summed E-state index contributed by atoms with van der Waals surface area (Å²) < 4.78 is 23.0. The molecule has 0 aromatic heterocycles. The Morgan fingerprint density at radius 1 is 1.44 bits per heavy atom. The van der Waals surface area contributed by atoms with Gasteiger partial charge in [-0.25, -0.2) is 8.42 Å². The topological polar surface area (TPSA) is 49.4 Å². The summed E-state index contributed by atoms with van der Waals surface area (Å²) in [6.07, 6.45) is 3.00. The zero-order chi connectivity index (χ0) is 13.3. The summed E-state index contributed by atoms with van der Waals surface area (Å²) in [6, 6.07) is 0.955. The molecule has 0 bridgehead atoms. The number of hydrogen-bond donors (Lipinski definition) is 1. The molecule has 1 N–H and O–H groups in total. The van der Waals surface area contributed by atoms with Crippen LogP contribution in [0.3, 0.4) is 0 Å². The number of piperazine rings is 1. The van der Waals surface area contributed by atoms with E-state index in [4.69, 9.17) is 0 Å². The van der Waals surface area contributed by atoms with Crippen LogP contribution in [0.4, 0.5) is 0 Å². The molecule has 0 aromatic rings. The van der Waals surface area contributed by atoms with Gasteiger partial charge in [-0.1, -0.05) is 19.9 Å². The highest BCUT2D eigenvalue weighted by atomic mass is 32.2. The molecule has 1 saturated heterocycles. The van der Waals surface area contributed by atoms with Gasteiger partial charge in [0, 0.05) is 36.6 Å². The zero-order valence-corrected chi connectivity index (χ0v) is 12.3. The smallest absolute Gasteiger partial charge is 0.173 e. The molecule has 0 aromatic carbocycles. The number of sulfone groups is 1. The van der Waals surface area contributed by atoms with Crippen LogP contribution in [0.2, 0.25) is 0 Å². The van der Waals surface area contributed by atoms with E-state index in [1.807, 2.05) is 6.08 Å². The van der Waals surface area contributed by atoms with E-state index in [2.05, 4.69) is 31.0 Å². The van der Waals surface area contributed by atoms with E-state index in [1.165, 1.54) is 5.41 Å². The van der Waals surface area contributed by atoms with E-state index in [9.17, 15) is 8.42 Å². The lowest BCUT2D eigenvalue weighted by Crippen LogP contribution is -2.58. The van der Waals surface area contributed by atoms with Crippen LogP contribution >= 0.6 is 0 Å². The van der Waals surface area contributed by atoms with Crippen molar-refractivity contribution in [3.05, 3.63) is 11.5 Å². The molecule has 18 heavy (non-hydrogen) atoms. The highest BCUT2D eigenvalue weighted by Crippen LogP contribution is 2.21. The van der Waals surface area contributed by atoms with Crippen molar-refractivity contribution in [2.24, 2.45) is 5.92 Å². The van der Waals surface area contributed by atoms with Gasteiger partial charge in [0.1, 0.15) is 0 Å². The van der Waals surface area contributed by atoms with Crippen molar-refractivity contribution in [2.75, 3.05) is 18.8 Å². The third kappa shape index (κ3) is 3.33. The minimum Gasteiger partial charge on any atom is -0.311 e. The van der Waals surface area contributed by atoms with Crippen LogP contribution in [-0.2, 0) is 9.84 Å². The fourth-order valence-corrected chi connectivity index (χ4v) is 4.22. The van der Waals surface area contributed by atoms with Crippen LogP contribution in [-0.4, -0.2) is 50.3 Å². The second kappa shape index (κ2) is 5.31. The van der Waals surface area contributed by atoms with Gasteiger partial charge in [-0.2, -0.15) is 0 Å². The first-order chi connectivity index (χ1) is 8.37. The minimum absolute atomic E-state index is 0.0711. The Kier molecular flexibility index (Phi) is 4.14. The number of rotatable bonds is 3. The van der Waals surface area contributed by atoms with Crippen molar-refractivity contribution < 1.29 is 8.42 Å². The van der Waals surface area contributed by atoms with E-state index in [-0.39, 0.29) is 11.8 Å². The Hall–Kier alpha value is -0.390. The number of nitrogens with one attached hydrogen (secondary N) is 1. The van der Waals surface area contributed by atoms with Crippen LogP contribution < -0.4 is 5.32 Å². The molecular weight excluding hydrogens is 248 g/mol. The summed E-state index contributed by atoms with van der Waals surface area (Å²) >= 11 is 0. The maximum Gasteiger partial charge on any atom is 0.173 e. The monoisotopic (exact) mass is 272 g/mol. The molecular formula is C13H24N2O2S. The summed E-state index contributed by atoms with van der Waals surface area (Å²) in [7, 11) is -2.95. The second-order valence-electron chi connectivity index (χ2n) is 6.01. The first-order valence-corrected chi connectivity index (χ1v) is 8.49. The van der Waals surface area contributed by atoms with Gasteiger partial charge in [0.15, 0.2) is 9.84 Å². The quantitative estimate of drug-likeness (QED) is 0.833. The molecule has 2 heterocycles. The zero-order valence-electron chi connectivity index (χ0n) is 11.5. The maximum atomic E-state index is 11.5. The molecule has 0 amide bonds. The molecule has 5 heteroatoms. The normalized spacial score (nSPS) is 36.3. The third-order valence-electron chi connectivity index (χ3n) is 3.79. The summed E-state index contributed by atoms with van der Waals surface area (Å²) in [5, 5.41) is 4.94. The van der Waals surface area contributed by atoms with E-state index >= 15 is 0 Å². The Morgan fingerprint density at radius 3 is 2.72 bits per heavy atom. The highest BCUT2D eigenvalue weighted by Gasteiger charge is 2.34. The maximum absolute atomic E-state index is 11.5. The number of nitrogens with zero attached hydrogens (tertiary/aromatic N) is 1. The summed E-state index contributed by atoms with van der Waals surface area (Å²) in [5.74, 6) is 0.923. The summed E-state index contributed by atoms with van der Waals surface area (Å²) in [4.78, 5) is 2.34. The van der Waals surface area contributed by atoms with E-state index in [0.717, 1.165) is 19.5 Å². The minimum atomic E-state index is -2.95. The van der Waals surface area contributed by atoms with Crippen molar-refractivity contribution in [1.29, 1.82) is 0 Å². The fourth-order valence-electron chi connectivity index (χ4n) is 2.91. The van der Waals surface area contributed by atoms with Gasteiger partial charge < -0.3 is 5.32 Å². The summed E-state index contributed by atoms with van der Waals surface area (Å²) in [6.45, 7) is 8.51. The molecule has 104 valence electrons. The van der Waals surface area contributed by atoms with Crippen molar-refractivity contribution in [2.45, 2.75) is 45.3 Å². The number of hydrogen-bond acceptors (Lipinski definition) is 4. The molecule has 2 rings (SSSR count). The Bertz CT molecular complexity index is 417. The Morgan fingerprint density at radius 2 is 2.17 bits per heavy atom. The largest absolute Gasteiger partial charge is 0.311 e. The molecule has 0 aliphatic carbocycles. The van der Waals surface area contributed by atoms with Gasteiger partial charge >= 0.3 is 0 Å². The van der Waals surface area contributed by atoms with Crippen molar-refractivity contribution in [3.63, 3.8) is 0 Å². The van der Waals surface area contributed by atoms with Gasteiger partial charge in [-0.05, 0) is 19.3 Å². The molecule has 0 spiro atoms. The summed E-state index contributed by atoms with van der Waals surface area (Å²) in [5.41, 5.74) is 0. The second-order valence-corrected chi connectivity index (χ2v) is 7.94. The first kappa shape index (κ1) is 14.0. The van der Waals surface area contributed by atoms with Crippen molar-refractivity contribution in [3.8, 4) is 0 Å². The fraction of sp³-hybridized carbons (Fsp3) is 0.846. The van der Waals surface area contributed by atoms with Gasteiger partial charge in [-0.3, -0.25) is 4.90 Å². The average Bonchev–Trinajstić information content (AvgIpc) is 2.61. The molecule has 2 aliphatic rings. The molecule has 0 radical (unpaired) electrons. The lowest BCUT2D eigenvalue weighted by atomic mass is 9.99. The molecule has 1 fully saturated rings. The lowest BCUT2D eigenvalue weighted by Gasteiger charge is -2.42. The molecule has 4 nitrogen and oxygen atoms in total. The third-order valence-corrected chi connectivity index (χ3v) is 5.17. The van der Waals surface area contributed by atoms with Gasteiger partial charge in [0.25, 0.3) is 0 Å². The molecule has 3 unspecified atom stereocenters. The van der Waals surface area contributed by atoms with E-state index in [0.29, 0.717) is 18.0 Å². The predicted molar refractivity (Wildman–Crippen MR) is 74.1 cm³/mol. The van der Waals surface area contributed by atoms with Gasteiger partial charge in [0.05, 0.1) is 5.75 Å². The van der Waals surface area contributed by atoms with E-state index < -0.39 is 9.84 Å². The molecule has 0 saturated carbocycles. The van der Waals surface area contributed by atoms with Crippen LogP contribution in [0.5, 0.6) is 0 Å². The van der Waals surface area contributed by atoms with Gasteiger partial charge in [0.2, 0.25) is 0 Å². The lowest BCUT2D eigenvalue weighted by molar-refractivity contribution is 0.113. The predicted octanol–water partition coefficient (Wildman–Crippen LogP) is 1.01. The Labute approximate surface area is 110 Å². The SMILES string of the molecule is CC(C)CC1CN(C2C=CS(=O)(=O)C2)C(C)CN1. The van der Waals surface area contributed by atoms with Crippen molar-refractivity contribution in [1.82, 2.24) is 10.2 Å². The van der Waals surface area contributed by atoms with Gasteiger partial charge in [-0.15, -0.1) is 0 Å². The first-order valence-electron chi connectivity index (χ1n) is 6.77. The molecule has 3 atom stereocenters. The van der Waals surface area contributed by atoms with Crippen LogP contribution in [0.1, 0.15) is 27.2 Å². The standard InChI is InChI=1S/C13H24N2O2S/c1-10(2)6-12-8-15(11(3)7-14-12)13-4-5-18(16,17)9-13/h4-5,10-14H,6-9H2,1-3H3. The van der Waals surface area contributed by atoms with Crippen LogP contribution in [0.25, 0.3) is 0 Å².